The summed E-state index contributed by atoms with van der Waals surface area (Å²) in [6.07, 6.45) is 86.2. The molecule has 0 aliphatic heterocycles. The van der Waals surface area contributed by atoms with E-state index in [1.54, 1.807) is 0 Å². The minimum absolute atomic E-state index is 0.0653. The van der Waals surface area contributed by atoms with E-state index in [1.165, 1.54) is 289 Å². The summed E-state index contributed by atoms with van der Waals surface area (Å²) in [7, 11) is 0. The number of unbranched alkanes of at least 4 members (excludes halogenated alkanes) is 50. The molecule has 0 radical (unpaired) electrons. The molecule has 470 valence electrons. The van der Waals surface area contributed by atoms with Gasteiger partial charge in [-0.15, -0.1) is 0 Å². The smallest absolute Gasteiger partial charge is 0.306 e. The summed E-state index contributed by atoms with van der Waals surface area (Å²) in [5, 5.41) is 0. The molecule has 80 heavy (non-hydrogen) atoms. The number of ether oxygens (including phenoxy) is 3. The highest BCUT2D eigenvalue weighted by atomic mass is 16.6. The SMILES string of the molecule is CCCCCCC/C=C\C/C=C\C/C=C\CCCCCCCCCCCCCCCCCCC(=O)OCC(COC(=O)CCCCCCCCCCC)OC(=O)CCCCCCCCCCCCCCCCCCCCCCCC. The maximum atomic E-state index is 12.9. The lowest BCUT2D eigenvalue weighted by atomic mass is 10.0. The number of hydrogen-bond acceptors (Lipinski definition) is 6. The van der Waals surface area contributed by atoms with E-state index < -0.39 is 6.10 Å². The zero-order valence-corrected chi connectivity index (χ0v) is 54.1. The van der Waals surface area contributed by atoms with Gasteiger partial charge in [0, 0.05) is 19.3 Å². The molecule has 6 nitrogen and oxygen atoms in total. The molecule has 0 aromatic carbocycles. The number of carbonyl (C=O) groups excluding carboxylic acids is 3. The molecule has 0 aliphatic carbocycles. The number of allylic oxidation sites excluding steroid dienone is 6. The first-order valence-corrected chi connectivity index (χ1v) is 36.0. The molecule has 0 bridgehead atoms. The third-order valence-electron chi connectivity index (χ3n) is 16.4. The van der Waals surface area contributed by atoms with Gasteiger partial charge in [0.15, 0.2) is 6.10 Å². The zero-order valence-electron chi connectivity index (χ0n) is 54.1. The van der Waals surface area contributed by atoms with E-state index in [4.69, 9.17) is 14.2 Å². The standard InChI is InChI=1S/C74H138O6/c1-4-7-10-13-16-19-21-23-25-27-29-31-33-34-35-36-37-38-39-40-41-43-44-46-48-50-52-55-58-61-64-67-73(76)79-70-71(69-78-72(75)66-63-60-57-54-18-15-12-9-6-3)80-74(77)68-65-62-59-56-53-51-49-47-45-42-32-30-28-26-24-22-20-17-14-11-8-5-2/h21,23,27,29,33-34,71H,4-20,22,24-26,28,30-32,35-70H2,1-3H3/b23-21-,29-27-,34-33-. The van der Waals surface area contributed by atoms with E-state index in [-0.39, 0.29) is 31.1 Å². The van der Waals surface area contributed by atoms with Crippen LogP contribution < -0.4 is 0 Å². The molecule has 0 saturated heterocycles. The molecule has 0 N–H and O–H groups in total. The maximum Gasteiger partial charge on any atom is 0.306 e. The molecule has 0 fully saturated rings. The molecule has 0 saturated carbocycles. The average molecular weight is 1120 g/mol. The molecular weight excluding hydrogens is 985 g/mol. The fourth-order valence-corrected chi connectivity index (χ4v) is 11.0. The van der Waals surface area contributed by atoms with Crippen LogP contribution in [0.4, 0.5) is 0 Å². The minimum atomic E-state index is -0.767. The normalized spacial score (nSPS) is 12.2. The number of esters is 3. The second-order valence-electron chi connectivity index (χ2n) is 24.5. The van der Waals surface area contributed by atoms with Crippen LogP contribution >= 0.6 is 0 Å². The quantitative estimate of drug-likeness (QED) is 0.0261. The van der Waals surface area contributed by atoms with Gasteiger partial charge in [-0.2, -0.15) is 0 Å². The molecule has 0 aliphatic rings. The Labute approximate surface area is 499 Å². The Hall–Kier alpha value is -2.37. The molecule has 0 spiro atoms. The Kier molecular flexibility index (Phi) is 67.1. The van der Waals surface area contributed by atoms with E-state index in [1.807, 2.05) is 0 Å². The average Bonchev–Trinajstić information content (AvgIpc) is 3.46. The molecule has 0 rings (SSSR count). The Morgan fingerprint density at radius 3 is 0.700 bits per heavy atom. The van der Waals surface area contributed by atoms with Crippen molar-refractivity contribution in [3.8, 4) is 0 Å². The summed E-state index contributed by atoms with van der Waals surface area (Å²) in [6, 6.07) is 0. The summed E-state index contributed by atoms with van der Waals surface area (Å²) >= 11 is 0. The lowest BCUT2D eigenvalue weighted by molar-refractivity contribution is -0.167. The number of rotatable bonds is 67. The van der Waals surface area contributed by atoms with Gasteiger partial charge in [0.05, 0.1) is 0 Å². The maximum absolute atomic E-state index is 12.9. The highest BCUT2D eigenvalue weighted by Gasteiger charge is 2.19. The van der Waals surface area contributed by atoms with Crippen LogP contribution in [-0.2, 0) is 28.6 Å². The third-order valence-corrected chi connectivity index (χ3v) is 16.4. The largest absolute Gasteiger partial charge is 0.462 e. The van der Waals surface area contributed by atoms with Crippen LogP contribution in [0.15, 0.2) is 36.5 Å². The van der Waals surface area contributed by atoms with Gasteiger partial charge >= 0.3 is 17.9 Å². The van der Waals surface area contributed by atoms with Crippen molar-refractivity contribution in [2.24, 2.45) is 0 Å². The Morgan fingerprint density at radius 2 is 0.450 bits per heavy atom. The summed E-state index contributed by atoms with van der Waals surface area (Å²) in [5.74, 6) is -0.838. The van der Waals surface area contributed by atoms with Gasteiger partial charge in [-0.1, -0.05) is 359 Å². The molecule has 0 heterocycles. The van der Waals surface area contributed by atoms with Gasteiger partial charge < -0.3 is 14.2 Å². The topological polar surface area (TPSA) is 78.9 Å². The van der Waals surface area contributed by atoms with Crippen LogP contribution in [0.1, 0.15) is 400 Å². The van der Waals surface area contributed by atoms with Gasteiger partial charge in [0.25, 0.3) is 0 Å². The second-order valence-corrected chi connectivity index (χ2v) is 24.5. The van der Waals surface area contributed by atoms with Gasteiger partial charge in [-0.3, -0.25) is 14.4 Å². The summed E-state index contributed by atoms with van der Waals surface area (Å²) in [6.45, 7) is 6.68. The third kappa shape index (κ3) is 66.4. The van der Waals surface area contributed by atoms with Crippen LogP contribution in [0.5, 0.6) is 0 Å². The van der Waals surface area contributed by atoms with Crippen LogP contribution in [-0.4, -0.2) is 37.2 Å². The van der Waals surface area contributed by atoms with Crippen LogP contribution in [0.3, 0.4) is 0 Å². The Balaban J connectivity index is 4.07. The van der Waals surface area contributed by atoms with Gasteiger partial charge in [0.1, 0.15) is 13.2 Å². The van der Waals surface area contributed by atoms with Gasteiger partial charge in [-0.05, 0) is 57.8 Å². The fraction of sp³-hybridized carbons (Fsp3) is 0.878. The molecule has 6 heteroatoms. The van der Waals surface area contributed by atoms with Crippen LogP contribution in [0.25, 0.3) is 0 Å². The molecule has 1 unspecified atom stereocenters. The van der Waals surface area contributed by atoms with Crippen molar-refractivity contribution >= 4 is 17.9 Å². The van der Waals surface area contributed by atoms with Crippen molar-refractivity contribution in [2.45, 2.75) is 406 Å². The van der Waals surface area contributed by atoms with E-state index in [0.717, 1.165) is 70.6 Å². The zero-order chi connectivity index (χ0) is 57.8. The summed E-state index contributed by atoms with van der Waals surface area (Å²) in [5.41, 5.74) is 0. The van der Waals surface area contributed by atoms with Gasteiger partial charge in [-0.25, -0.2) is 0 Å². The second kappa shape index (κ2) is 69.1. The molecule has 0 aromatic heterocycles. The van der Waals surface area contributed by atoms with Crippen molar-refractivity contribution in [1.29, 1.82) is 0 Å². The van der Waals surface area contributed by atoms with Gasteiger partial charge in [0.2, 0.25) is 0 Å². The first-order chi connectivity index (χ1) is 39.5. The monoisotopic (exact) mass is 1120 g/mol. The molecule has 0 aromatic rings. The van der Waals surface area contributed by atoms with Crippen molar-refractivity contribution < 1.29 is 28.6 Å². The lowest BCUT2D eigenvalue weighted by Crippen LogP contribution is -2.30. The predicted molar refractivity (Wildman–Crippen MR) is 349 cm³/mol. The number of carbonyl (C=O) groups is 3. The highest BCUT2D eigenvalue weighted by molar-refractivity contribution is 5.71. The first-order valence-electron chi connectivity index (χ1n) is 36.0. The van der Waals surface area contributed by atoms with Crippen molar-refractivity contribution in [3.05, 3.63) is 36.5 Å². The van der Waals surface area contributed by atoms with Crippen molar-refractivity contribution in [3.63, 3.8) is 0 Å². The van der Waals surface area contributed by atoms with Crippen LogP contribution in [0, 0.1) is 0 Å². The van der Waals surface area contributed by atoms with E-state index in [9.17, 15) is 14.4 Å². The van der Waals surface area contributed by atoms with Crippen molar-refractivity contribution in [2.75, 3.05) is 13.2 Å². The Bertz CT molecular complexity index is 1340. The lowest BCUT2D eigenvalue weighted by Gasteiger charge is -2.18. The molecule has 0 amide bonds. The first kappa shape index (κ1) is 77.6. The fourth-order valence-electron chi connectivity index (χ4n) is 11.0. The summed E-state index contributed by atoms with van der Waals surface area (Å²) < 4.78 is 16.9. The highest BCUT2D eigenvalue weighted by Crippen LogP contribution is 2.19. The van der Waals surface area contributed by atoms with Crippen molar-refractivity contribution in [1.82, 2.24) is 0 Å². The number of hydrogen-bond donors (Lipinski definition) is 0. The van der Waals surface area contributed by atoms with Crippen LogP contribution in [0.2, 0.25) is 0 Å². The molecule has 1 atom stereocenters. The predicted octanol–water partition coefficient (Wildman–Crippen LogP) is 24.7. The summed E-state index contributed by atoms with van der Waals surface area (Å²) in [4.78, 5) is 38.3. The molecular formula is C74H138O6. The van der Waals surface area contributed by atoms with E-state index in [0.29, 0.717) is 19.3 Å². The van der Waals surface area contributed by atoms with E-state index >= 15 is 0 Å². The van der Waals surface area contributed by atoms with E-state index in [2.05, 4.69) is 57.2 Å². The Morgan fingerprint density at radius 1 is 0.250 bits per heavy atom. The minimum Gasteiger partial charge on any atom is -0.462 e.